The molecule has 0 fully saturated rings. The molecule has 3 amide bonds. The second-order valence-electron chi connectivity index (χ2n) is 8.23. The lowest BCUT2D eigenvalue weighted by Crippen LogP contribution is -2.43. The molecule has 3 rings (SSSR count). The van der Waals surface area contributed by atoms with E-state index in [1.54, 1.807) is 29.7 Å². The lowest BCUT2D eigenvalue weighted by Gasteiger charge is -2.34. The summed E-state index contributed by atoms with van der Waals surface area (Å²) in [6, 6.07) is 24.7. The van der Waals surface area contributed by atoms with Crippen LogP contribution in [0.15, 0.2) is 84.9 Å². The normalized spacial score (nSPS) is 11.6. The molecule has 1 unspecified atom stereocenters. The zero-order valence-corrected chi connectivity index (χ0v) is 18.8. The van der Waals surface area contributed by atoms with Crippen LogP contribution in [-0.2, 0) is 22.4 Å². The fourth-order valence-electron chi connectivity index (χ4n) is 3.89. The Morgan fingerprint density at radius 3 is 1.61 bits per heavy atom. The van der Waals surface area contributed by atoms with E-state index in [4.69, 9.17) is 5.21 Å². The zero-order valence-electron chi connectivity index (χ0n) is 18.8. The first-order chi connectivity index (χ1) is 15.9. The van der Waals surface area contributed by atoms with E-state index in [1.165, 1.54) is 4.90 Å². The van der Waals surface area contributed by atoms with Crippen LogP contribution in [0.1, 0.15) is 46.9 Å². The molecule has 0 aliphatic heterocycles. The number of hydroxylamine groups is 1. The summed E-state index contributed by atoms with van der Waals surface area (Å²) >= 11 is 0. The minimum atomic E-state index is -0.625. The smallest absolute Gasteiger partial charge is 0.274 e. The van der Waals surface area contributed by atoms with Crippen LogP contribution in [0.3, 0.4) is 0 Å². The number of hydrogen-bond acceptors (Lipinski definition) is 4. The van der Waals surface area contributed by atoms with Gasteiger partial charge < -0.3 is 0 Å². The molecule has 3 aromatic carbocycles. The molecular formula is C27H28N2O4. The summed E-state index contributed by atoms with van der Waals surface area (Å²) in [6.07, 6.45) is 0.213. The number of hydrogen-bond donors (Lipinski definition) is 2. The molecule has 1 atom stereocenters. The second-order valence-corrected chi connectivity index (χ2v) is 8.23. The molecule has 0 saturated heterocycles. The van der Waals surface area contributed by atoms with Crippen LogP contribution in [0, 0.1) is 5.92 Å². The maximum Gasteiger partial charge on any atom is 0.274 e. The van der Waals surface area contributed by atoms with E-state index in [0.29, 0.717) is 0 Å². The summed E-state index contributed by atoms with van der Waals surface area (Å²) in [5.74, 6) is -1.25. The van der Waals surface area contributed by atoms with Crippen molar-refractivity contribution in [2.24, 2.45) is 5.92 Å². The van der Waals surface area contributed by atoms with Gasteiger partial charge in [-0.1, -0.05) is 86.6 Å². The molecule has 2 N–H and O–H groups in total. The molecule has 0 bridgehead atoms. The number of benzene rings is 3. The Kier molecular flexibility index (Phi) is 8.11. The van der Waals surface area contributed by atoms with Crippen molar-refractivity contribution in [3.63, 3.8) is 0 Å². The van der Waals surface area contributed by atoms with Crippen LogP contribution in [0.5, 0.6) is 0 Å². The third kappa shape index (κ3) is 6.14. The van der Waals surface area contributed by atoms with Crippen molar-refractivity contribution >= 4 is 17.7 Å². The molecular weight excluding hydrogens is 416 g/mol. The standard InChI is InChI=1S/C27H28N2O4/c1-19(2)26(22-13-15-23(16-14-22)27(32)28-33)29(24(30)17-20-9-5-3-6-10-20)25(31)18-21-11-7-4-8-12-21/h3-16,19,26,33H,17-18H2,1-2H3,(H,28,32). The summed E-state index contributed by atoms with van der Waals surface area (Å²) in [6.45, 7) is 3.91. The maximum absolute atomic E-state index is 13.5. The van der Waals surface area contributed by atoms with Gasteiger partial charge >= 0.3 is 0 Å². The first-order valence-corrected chi connectivity index (χ1v) is 10.9. The number of nitrogens with one attached hydrogen (secondary N) is 1. The van der Waals surface area contributed by atoms with Crippen LogP contribution in [0.2, 0.25) is 0 Å². The predicted molar refractivity (Wildman–Crippen MR) is 125 cm³/mol. The fourth-order valence-corrected chi connectivity index (χ4v) is 3.89. The molecule has 0 aliphatic carbocycles. The lowest BCUT2D eigenvalue weighted by atomic mass is 9.92. The van der Waals surface area contributed by atoms with Crippen molar-refractivity contribution in [3.05, 3.63) is 107 Å². The number of carbonyl (C=O) groups is 3. The first kappa shape index (κ1) is 23.9. The van der Waals surface area contributed by atoms with Gasteiger partial charge in [-0.25, -0.2) is 5.48 Å². The van der Waals surface area contributed by atoms with E-state index in [1.807, 2.05) is 74.5 Å². The molecule has 6 nitrogen and oxygen atoms in total. The average Bonchev–Trinajstić information content (AvgIpc) is 2.83. The fraction of sp³-hybridized carbons (Fsp3) is 0.222. The summed E-state index contributed by atoms with van der Waals surface area (Å²) in [7, 11) is 0. The lowest BCUT2D eigenvalue weighted by molar-refractivity contribution is -0.148. The van der Waals surface area contributed by atoms with Gasteiger partial charge in [-0.05, 0) is 34.7 Å². The van der Waals surface area contributed by atoms with Crippen molar-refractivity contribution in [1.82, 2.24) is 10.4 Å². The minimum Gasteiger partial charge on any atom is -0.288 e. The summed E-state index contributed by atoms with van der Waals surface area (Å²) in [4.78, 5) is 40.1. The van der Waals surface area contributed by atoms with E-state index in [0.717, 1.165) is 16.7 Å². The largest absolute Gasteiger partial charge is 0.288 e. The van der Waals surface area contributed by atoms with Gasteiger partial charge in [-0.15, -0.1) is 0 Å². The Hall–Kier alpha value is -3.77. The van der Waals surface area contributed by atoms with E-state index in [-0.39, 0.29) is 36.1 Å². The van der Waals surface area contributed by atoms with E-state index < -0.39 is 11.9 Å². The molecule has 0 aromatic heterocycles. The highest BCUT2D eigenvalue weighted by molar-refractivity contribution is 5.98. The number of carbonyl (C=O) groups excluding carboxylic acids is 3. The van der Waals surface area contributed by atoms with Crippen LogP contribution >= 0.6 is 0 Å². The number of amides is 3. The minimum absolute atomic E-state index is 0.0676. The molecule has 0 aliphatic rings. The maximum atomic E-state index is 13.5. The number of imide groups is 1. The number of nitrogens with zero attached hydrogens (tertiary/aromatic N) is 1. The molecule has 0 saturated carbocycles. The van der Waals surface area contributed by atoms with Crippen LogP contribution in [0.4, 0.5) is 0 Å². The third-order valence-corrected chi connectivity index (χ3v) is 5.46. The van der Waals surface area contributed by atoms with Gasteiger partial charge in [0.2, 0.25) is 11.8 Å². The highest BCUT2D eigenvalue weighted by Gasteiger charge is 2.33. The SMILES string of the molecule is CC(C)C(c1ccc(C(=O)NO)cc1)N(C(=O)Cc1ccccc1)C(=O)Cc1ccccc1. The third-order valence-electron chi connectivity index (χ3n) is 5.46. The Morgan fingerprint density at radius 2 is 1.21 bits per heavy atom. The van der Waals surface area contributed by atoms with Gasteiger partial charge in [-0.2, -0.15) is 0 Å². The monoisotopic (exact) mass is 444 g/mol. The van der Waals surface area contributed by atoms with Crippen LogP contribution in [-0.4, -0.2) is 27.8 Å². The summed E-state index contributed by atoms with van der Waals surface area (Å²) in [5.41, 5.74) is 4.29. The second kappa shape index (κ2) is 11.2. The molecule has 3 aromatic rings. The Balaban J connectivity index is 1.97. The summed E-state index contributed by atoms with van der Waals surface area (Å²) in [5, 5.41) is 8.87. The molecule has 0 heterocycles. The van der Waals surface area contributed by atoms with Crippen molar-refractivity contribution < 1.29 is 19.6 Å². The first-order valence-electron chi connectivity index (χ1n) is 10.9. The topological polar surface area (TPSA) is 86.7 Å². The van der Waals surface area contributed by atoms with Crippen LogP contribution in [0.25, 0.3) is 0 Å². The van der Waals surface area contributed by atoms with Gasteiger partial charge in [-0.3, -0.25) is 24.5 Å². The van der Waals surface area contributed by atoms with E-state index >= 15 is 0 Å². The van der Waals surface area contributed by atoms with Gasteiger partial charge in [0.1, 0.15) is 0 Å². The highest BCUT2D eigenvalue weighted by Crippen LogP contribution is 2.30. The van der Waals surface area contributed by atoms with Crippen molar-refractivity contribution in [3.8, 4) is 0 Å². The van der Waals surface area contributed by atoms with Gasteiger partial charge in [0.15, 0.2) is 0 Å². The van der Waals surface area contributed by atoms with Crippen molar-refractivity contribution in [1.29, 1.82) is 0 Å². The quantitative estimate of drug-likeness (QED) is 0.400. The van der Waals surface area contributed by atoms with Gasteiger partial charge in [0.25, 0.3) is 5.91 Å². The molecule has 0 spiro atoms. The Morgan fingerprint density at radius 1 is 0.758 bits per heavy atom. The molecule has 0 radical (unpaired) electrons. The van der Waals surface area contributed by atoms with Crippen molar-refractivity contribution in [2.45, 2.75) is 32.7 Å². The Bertz CT molecular complexity index is 1030. The van der Waals surface area contributed by atoms with Gasteiger partial charge in [0, 0.05) is 5.56 Å². The highest BCUT2D eigenvalue weighted by atomic mass is 16.5. The number of rotatable bonds is 8. The zero-order chi connectivity index (χ0) is 23.8. The molecule has 170 valence electrons. The molecule has 6 heteroatoms. The Labute approximate surface area is 193 Å². The predicted octanol–water partition coefficient (Wildman–Crippen LogP) is 4.34. The van der Waals surface area contributed by atoms with Gasteiger partial charge in [0.05, 0.1) is 18.9 Å². The van der Waals surface area contributed by atoms with Crippen molar-refractivity contribution in [2.75, 3.05) is 0 Å². The average molecular weight is 445 g/mol. The van der Waals surface area contributed by atoms with Crippen LogP contribution < -0.4 is 5.48 Å². The molecule has 33 heavy (non-hydrogen) atoms. The summed E-state index contributed by atoms with van der Waals surface area (Å²) < 4.78 is 0. The van der Waals surface area contributed by atoms with E-state index in [9.17, 15) is 14.4 Å². The van der Waals surface area contributed by atoms with E-state index in [2.05, 4.69) is 0 Å².